The Labute approximate surface area is 134 Å². The highest BCUT2D eigenvalue weighted by Gasteiger charge is 2.22. The van der Waals surface area contributed by atoms with Crippen molar-refractivity contribution in [3.8, 4) is 0 Å². The number of benzene rings is 1. The van der Waals surface area contributed by atoms with Gasteiger partial charge in [-0.1, -0.05) is 11.8 Å². The molecule has 0 unspecified atom stereocenters. The Morgan fingerprint density at radius 3 is 3.00 bits per heavy atom. The molecule has 2 heterocycles. The average Bonchev–Trinajstić information content (AvgIpc) is 2.99. The highest BCUT2D eigenvalue weighted by Crippen LogP contribution is 2.21. The van der Waals surface area contributed by atoms with Gasteiger partial charge in [0, 0.05) is 24.1 Å². The zero-order valence-corrected chi connectivity index (χ0v) is 13.0. The summed E-state index contributed by atoms with van der Waals surface area (Å²) in [5.41, 5.74) is -0.521. The SMILES string of the molecule is C[C@@H](NC(=O)c1cnc2n(c1=O)CCS2)c1cc(F)ccc1F. The van der Waals surface area contributed by atoms with Crippen LogP contribution < -0.4 is 10.9 Å². The van der Waals surface area contributed by atoms with E-state index >= 15 is 0 Å². The van der Waals surface area contributed by atoms with Crippen molar-refractivity contribution in [1.29, 1.82) is 0 Å². The quantitative estimate of drug-likeness (QED) is 0.872. The largest absolute Gasteiger partial charge is 0.345 e. The molecule has 1 aliphatic rings. The summed E-state index contributed by atoms with van der Waals surface area (Å²) in [6, 6.07) is 2.23. The minimum atomic E-state index is -0.787. The van der Waals surface area contributed by atoms with Gasteiger partial charge in [-0.3, -0.25) is 14.2 Å². The topological polar surface area (TPSA) is 64.0 Å². The first-order valence-electron chi connectivity index (χ1n) is 6.96. The molecule has 0 aliphatic carbocycles. The molecular weight excluding hydrogens is 324 g/mol. The molecule has 1 N–H and O–H groups in total. The first-order chi connectivity index (χ1) is 11.0. The predicted molar refractivity (Wildman–Crippen MR) is 81.5 cm³/mol. The standard InChI is InChI=1S/C15H13F2N3O2S/c1-8(10-6-9(16)2-3-12(10)17)19-13(21)11-7-18-15-20(14(11)22)4-5-23-15/h2-3,6-8H,4-5H2,1H3,(H,19,21)/t8-/m1/s1. The van der Waals surface area contributed by atoms with Crippen LogP contribution in [0.1, 0.15) is 28.9 Å². The molecule has 0 bridgehead atoms. The summed E-state index contributed by atoms with van der Waals surface area (Å²) >= 11 is 1.45. The van der Waals surface area contributed by atoms with Crippen LogP contribution >= 0.6 is 11.8 Å². The summed E-state index contributed by atoms with van der Waals surface area (Å²) < 4.78 is 28.4. The van der Waals surface area contributed by atoms with Crippen LogP contribution in [0.25, 0.3) is 0 Å². The highest BCUT2D eigenvalue weighted by atomic mass is 32.2. The van der Waals surface area contributed by atoms with Crippen molar-refractivity contribution < 1.29 is 13.6 Å². The van der Waals surface area contributed by atoms with Crippen LogP contribution in [-0.2, 0) is 6.54 Å². The van der Waals surface area contributed by atoms with Crippen molar-refractivity contribution in [3.63, 3.8) is 0 Å². The van der Waals surface area contributed by atoms with Crippen molar-refractivity contribution in [2.45, 2.75) is 24.7 Å². The van der Waals surface area contributed by atoms with E-state index in [-0.39, 0.29) is 11.1 Å². The van der Waals surface area contributed by atoms with Gasteiger partial charge in [0.25, 0.3) is 11.5 Å². The molecule has 2 aromatic rings. The summed E-state index contributed by atoms with van der Waals surface area (Å²) in [5.74, 6) is -1.15. The number of halogens is 2. The number of fused-ring (bicyclic) bond motifs is 1. The Morgan fingerprint density at radius 2 is 2.22 bits per heavy atom. The lowest BCUT2D eigenvalue weighted by Gasteiger charge is -2.15. The van der Waals surface area contributed by atoms with Crippen LogP contribution in [0.3, 0.4) is 0 Å². The number of hydrogen-bond acceptors (Lipinski definition) is 4. The fraction of sp³-hybridized carbons (Fsp3) is 0.267. The molecular formula is C15H13F2N3O2S. The van der Waals surface area contributed by atoms with E-state index < -0.39 is 29.1 Å². The van der Waals surface area contributed by atoms with Crippen LogP contribution in [-0.4, -0.2) is 21.2 Å². The number of aromatic nitrogens is 2. The van der Waals surface area contributed by atoms with E-state index in [1.165, 1.54) is 29.4 Å². The zero-order valence-electron chi connectivity index (χ0n) is 12.2. The van der Waals surface area contributed by atoms with Gasteiger partial charge in [-0.2, -0.15) is 0 Å². The second-order valence-electron chi connectivity index (χ2n) is 5.12. The number of nitrogens with zero attached hydrogens (tertiary/aromatic N) is 2. The van der Waals surface area contributed by atoms with Gasteiger partial charge in [-0.25, -0.2) is 13.8 Å². The number of hydrogen-bond donors (Lipinski definition) is 1. The van der Waals surface area contributed by atoms with E-state index in [0.29, 0.717) is 11.7 Å². The Morgan fingerprint density at radius 1 is 1.43 bits per heavy atom. The van der Waals surface area contributed by atoms with E-state index in [0.717, 1.165) is 24.0 Å². The number of nitrogens with one attached hydrogen (secondary N) is 1. The predicted octanol–water partition coefficient (Wildman–Crippen LogP) is 2.12. The normalized spacial score (nSPS) is 14.4. The fourth-order valence-corrected chi connectivity index (χ4v) is 3.29. The molecule has 1 aliphatic heterocycles. The molecule has 0 radical (unpaired) electrons. The molecule has 3 rings (SSSR count). The van der Waals surface area contributed by atoms with Gasteiger partial charge in [0.15, 0.2) is 5.16 Å². The maximum absolute atomic E-state index is 13.7. The van der Waals surface area contributed by atoms with Crippen molar-refractivity contribution in [3.05, 3.63) is 57.5 Å². The number of amides is 1. The Balaban J connectivity index is 1.85. The molecule has 5 nitrogen and oxygen atoms in total. The molecule has 1 amide bonds. The number of thioether (sulfide) groups is 1. The van der Waals surface area contributed by atoms with Gasteiger partial charge >= 0.3 is 0 Å². The molecule has 0 spiro atoms. The summed E-state index contributed by atoms with van der Waals surface area (Å²) in [6.45, 7) is 2.02. The van der Waals surface area contributed by atoms with Crippen molar-refractivity contribution in [1.82, 2.24) is 14.9 Å². The minimum absolute atomic E-state index is 0.0168. The van der Waals surface area contributed by atoms with Gasteiger partial charge in [-0.05, 0) is 25.1 Å². The smallest absolute Gasteiger partial charge is 0.267 e. The first kappa shape index (κ1) is 15.7. The van der Waals surface area contributed by atoms with E-state index in [9.17, 15) is 18.4 Å². The molecule has 120 valence electrons. The van der Waals surface area contributed by atoms with E-state index in [1.54, 1.807) is 0 Å². The summed E-state index contributed by atoms with van der Waals surface area (Å²) in [7, 11) is 0. The lowest BCUT2D eigenvalue weighted by molar-refractivity contribution is 0.0936. The van der Waals surface area contributed by atoms with Gasteiger partial charge in [-0.15, -0.1) is 0 Å². The van der Waals surface area contributed by atoms with Crippen molar-refractivity contribution in [2.24, 2.45) is 0 Å². The Kier molecular flexibility index (Phi) is 4.16. The molecule has 1 aromatic heterocycles. The molecule has 1 atom stereocenters. The third kappa shape index (κ3) is 2.98. The van der Waals surface area contributed by atoms with Crippen LogP contribution in [0.15, 0.2) is 34.3 Å². The molecule has 0 fully saturated rings. The summed E-state index contributed by atoms with van der Waals surface area (Å²) in [5, 5.41) is 3.09. The number of rotatable bonds is 3. The molecule has 8 heteroatoms. The monoisotopic (exact) mass is 337 g/mol. The van der Waals surface area contributed by atoms with Gasteiger partial charge in [0.2, 0.25) is 0 Å². The molecule has 1 aromatic carbocycles. The second kappa shape index (κ2) is 6.11. The van der Waals surface area contributed by atoms with Gasteiger partial charge in [0.05, 0.1) is 6.04 Å². The van der Waals surface area contributed by atoms with Gasteiger partial charge in [0.1, 0.15) is 17.2 Å². The third-order valence-corrected chi connectivity index (χ3v) is 4.54. The lowest BCUT2D eigenvalue weighted by atomic mass is 10.1. The molecule has 23 heavy (non-hydrogen) atoms. The fourth-order valence-electron chi connectivity index (χ4n) is 2.37. The Hall–Kier alpha value is -2.22. The third-order valence-electron chi connectivity index (χ3n) is 3.57. The van der Waals surface area contributed by atoms with E-state index in [1.807, 2.05) is 0 Å². The highest BCUT2D eigenvalue weighted by molar-refractivity contribution is 7.99. The summed E-state index contributed by atoms with van der Waals surface area (Å²) in [4.78, 5) is 28.6. The molecule has 0 saturated heterocycles. The van der Waals surface area contributed by atoms with Crippen LogP contribution in [0.2, 0.25) is 0 Å². The van der Waals surface area contributed by atoms with Crippen LogP contribution in [0, 0.1) is 11.6 Å². The van der Waals surface area contributed by atoms with Crippen LogP contribution in [0.4, 0.5) is 8.78 Å². The maximum atomic E-state index is 13.7. The zero-order chi connectivity index (χ0) is 16.6. The first-order valence-corrected chi connectivity index (χ1v) is 7.94. The second-order valence-corrected chi connectivity index (χ2v) is 6.18. The van der Waals surface area contributed by atoms with Gasteiger partial charge < -0.3 is 5.32 Å². The van der Waals surface area contributed by atoms with Crippen molar-refractivity contribution >= 4 is 17.7 Å². The van der Waals surface area contributed by atoms with Crippen molar-refractivity contribution in [2.75, 3.05) is 5.75 Å². The number of carbonyl (C=O) groups excluding carboxylic acids is 1. The number of carbonyl (C=O) groups is 1. The Bertz CT molecular complexity index is 838. The average molecular weight is 337 g/mol. The molecule has 0 saturated carbocycles. The van der Waals surface area contributed by atoms with Crippen LogP contribution in [0.5, 0.6) is 0 Å². The maximum Gasteiger partial charge on any atom is 0.267 e. The minimum Gasteiger partial charge on any atom is -0.345 e. The summed E-state index contributed by atoms with van der Waals surface area (Å²) in [6.07, 6.45) is 1.22. The van der Waals surface area contributed by atoms with E-state index in [2.05, 4.69) is 10.3 Å². The lowest BCUT2D eigenvalue weighted by Crippen LogP contribution is -2.35. The van der Waals surface area contributed by atoms with E-state index in [4.69, 9.17) is 0 Å².